The van der Waals surface area contributed by atoms with Gasteiger partial charge in [-0.1, -0.05) is 30.7 Å². The van der Waals surface area contributed by atoms with Crippen molar-refractivity contribution in [2.45, 2.75) is 33.1 Å². The molecule has 0 amide bonds. The van der Waals surface area contributed by atoms with E-state index in [2.05, 4.69) is 49.1 Å². The molecule has 1 aromatic heterocycles. The van der Waals surface area contributed by atoms with Crippen LogP contribution >= 0.6 is 11.6 Å². The van der Waals surface area contributed by atoms with Crippen LogP contribution in [0.5, 0.6) is 0 Å². The summed E-state index contributed by atoms with van der Waals surface area (Å²) >= 11 is 6.10. The van der Waals surface area contributed by atoms with Crippen LogP contribution < -0.4 is 4.90 Å². The summed E-state index contributed by atoms with van der Waals surface area (Å²) in [4.78, 5) is 7.39. The zero-order valence-corrected chi connectivity index (χ0v) is 15.6. The third-order valence-electron chi connectivity index (χ3n) is 5.23. The van der Waals surface area contributed by atoms with Crippen LogP contribution in [-0.4, -0.2) is 18.1 Å². The number of nitrogens with zero attached hydrogens (tertiary/aromatic N) is 2. The van der Waals surface area contributed by atoms with Crippen molar-refractivity contribution >= 4 is 28.3 Å². The van der Waals surface area contributed by atoms with Crippen LogP contribution in [-0.2, 0) is 6.42 Å². The second-order valence-corrected chi connectivity index (χ2v) is 7.27. The van der Waals surface area contributed by atoms with Crippen LogP contribution in [0.25, 0.3) is 22.0 Å². The Bertz CT molecular complexity index is 909. The van der Waals surface area contributed by atoms with Crippen molar-refractivity contribution in [2.75, 3.05) is 18.0 Å². The number of fused-ring (bicyclic) bond motifs is 1. The van der Waals surface area contributed by atoms with Gasteiger partial charge in [0, 0.05) is 23.5 Å². The number of rotatable bonds is 3. The number of benzene rings is 2. The molecular weight excluding hydrogens is 328 g/mol. The van der Waals surface area contributed by atoms with Crippen molar-refractivity contribution in [3.05, 3.63) is 58.6 Å². The first-order chi connectivity index (χ1) is 12.2. The van der Waals surface area contributed by atoms with E-state index in [0.29, 0.717) is 0 Å². The lowest BCUT2D eigenvalue weighted by atomic mass is 9.90. The highest BCUT2D eigenvalue weighted by molar-refractivity contribution is 6.30. The van der Waals surface area contributed by atoms with Gasteiger partial charge in [0.15, 0.2) is 0 Å². The summed E-state index contributed by atoms with van der Waals surface area (Å²) in [6.45, 7) is 6.66. The summed E-state index contributed by atoms with van der Waals surface area (Å²) in [5.74, 6) is 1.11. The molecule has 128 valence electrons. The van der Waals surface area contributed by atoms with Gasteiger partial charge in [-0.05, 0) is 78.8 Å². The van der Waals surface area contributed by atoms with E-state index >= 15 is 0 Å². The highest BCUT2D eigenvalue weighted by Gasteiger charge is 2.17. The molecule has 3 aromatic rings. The van der Waals surface area contributed by atoms with Crippen LogP contribution in [0.3, 0.4) is 0 Å². The fourth-order valence-corrected chi connectivity index (χ4v) is 4.09. The van der Waals surface area contributed by atoms with Crippen LogP contribution in [0.4, 0.5) is 5.82 Å². The molecule has 0 aliphatic carbocycles. The van der Waals surface area contributed by atoms with Gasteiger partial charge < -0.3 is 4.90 Å². The van der Waals surface area contributed by atoms with Gasteiger partial charge in [-0.25, -0.2) is 4.98 Å². The molecular formula is C22H23ClN2. The van der Waals surface area contributed by atoms with Crippen molar-refractivity contribution in [1.82, 2.24) is 4.98 Å². The van der Waals surface area contributed by atoms with Gasteiger partial charge in [-0.2, -0.15) is 0 Å². The Morgan fingerprint density at radius 2 is 1.76 bits per heavy atom. The fourth-order valence-electron chi connectivity index (χ4n) is 3.96. The fraction of sp³-hybridized carbons (Fsp3) is 0.318. The highest BCUT2D eigenvalue weighted by atomic mass is 35.5. The van der Waals surface area contributed by atoms with Gasteiger partial charge in [-0.15, -0.1) is 0 Å². The van der Waals surface area contributed by atoms with E-state index < -0.39 is 0 Å². The van der Waals surface area contributed by atoms with Crippen LogP contribution in [0.15, 0.2) is 42.5 Å². The zero-order valence-electron chi connectivity index (χ0n) is 14.8. The quantitative estimate of drug-likeness (QED) is 0.573. The number of aryl methyl sites for hydroxylation is 1. The maximum Gasteiger partial charge on any atom is 0.129 e. The number of aromatic nitrogens is 1. The first kappa shape index (κ1) is 16.4. The molecule has 2 nitrogen and oxygen atoms in total. The van der Waals surface area contributed by atoms with Crippen molar-refractivity contribution in [3.8, 4) is 11.1 Å². The largest absolute Gasteiger partial charge is 0.357 e. The second kappa shape index (κ2) is 6.68. The predicted octanol–water partition coefficient (Wildman–Crippen LogP) is 6.03. The van der Waals surface area contributed by atoms with E-state index in [4.69, 9.17) is 16.6 Å². The Labute approximate surface area is 154 Å². The second-order valence-electron chi connectivity index (χ2n) is 6.84. The minimum atomic E-state index is 0.771. The minimum Gasteiger partial charge on any atom is -0.357 e. The maximum atomic E-state index is 6.10. The lowest BCUT2D eigenvalue weighted by Gasteiger charge is -2.19. The molecule has 0 radical (unpaired) electrons. The van der Waals surface area contributed by atoms with Crippen molar-refractivity contribution in [2.24, 2.45) is 0 Å². The summed E-state index contributed by atoms with van der Waals surface area (Å²) in [5.41, 5.74) is 6.31. The normalized spacial score (nSPS) is 14.4. The molecule has 2 aromatic carbocycles. The molecule has 0 bridgehead atoms. The third-order valence-corrected chi connectivity index (χ3v) is 5.48. The van der Waals surface area contributed by atoms with E-state index in [0.717, 1.165) is 35.9 Å². The molecule has 1 saturated heterocycles. The Morgan fingerprint density at radius 1 is 1.04 bits per heavy atom. The highest BCUT2D eigenvalue weighted by Crippen LogP contribution is 2.36. The number of pyridine rings is 1. The molecule has 1 fully saturated rings. The number of halogens is 1. The molecule has 2 heterocycles. The van der Waals surface area contributed by atoms with Crippen LogP contribution in [0, 0.1) is 6.92 Å². The van der Waals surface area contributed by atoms with Crippen molar-refractivity contribution < 1.29 is 0 Å². The first-order valence-electron chi connectivity index (χ1n) is 9.11. The summed E-state index contributed by atoms with van der Waals surface area (Å²) < 4.78 is 0. The topological polar surface area (TPSA) is 16.1 Å². The molecule has 0 unspecified atom stereocenters. The van der Waals surface area contributed by atoms with Gasteiger partial charge in [0.2, 0.25) is 0 Å². The van der Waals surface area contributed by atoms with Gasteiger partial charge in [-0.3, -0.25) is 0 Å². The minimum absolute atomic E-state index is 0.771. The smallest absolute Gasteiger partial charge is 0.129 e. The molecule has 4 rings (SSSR count). The SMILES string of the molecule is CCc1c(C)cc2nc(N3CCCC3)ccc2c1-c1ccc(Cl)cc1. The molecule has 0 N–H and O–H groups in total. The average molecular weight is 351 g/mol. The Morgan fingerprint density at radius 3 is 2.44 bits per heavy atom. The van der Waals surface area contributed by atoms with E-state index in [9.17, 15) is 0 Å². The monoisotopic (exact) mass is 350 g/mol. The zero-order chi connectivity index (χ0) is 17.4. The molecule has 0 saturated carbocycles. The third kappa shape index (κ3) is 3.00. The molecule has 1 aliphatic rings. The Balaban J connectivity index is 1.93. The summed E-state index contributed by atoms with van der Waals surface area (Å²) in [5, 5.41) is 2.00. The molecule has 0 atom stereocenters. The first-order valence-corrected chi connectivity index (χ1v) is 9.49. The summed E-state index contributed by atoms with van der Waals surface area (Å²) in [7, 11) is 0. The van der Waals surface area contributed by atoms with Gasteiger partial charge in [0.1, 0.15) is 5.82 Å². The molecule has 0 spiro atoms. The Kier molecular flexibility index (Phi) is 4.39. The van der Waals surface area contributed by atoms with Crippen LogP contribution in [0.2, 0.25) is 5.02 Å². The van der Waals surface area contributed by atoms with Gasteiger partial charge in [0.05, 0.1) is 5.52 Å². The number of hydrogen-bond donors (Lipinski definition) is 0. The van der Waals surface area contributed by atoms with Crippen LogP contribution in [0.1, 0.15) is 30.9 Å². The van der Waals surface area contributed by atoms with E-state index in [1.54, 1.807) is 0 Å². The molecule has 1 aliphatic heterocycles. The predicted molar refractivity (Wildman–Crippen MR) is 108 cm³/mol. The number of anilines is 1. The van der Waals surface area contributed by atoms with E-state index in [-0.39, 0.29) is 0 Å². The van der Waals surface area contributed by atoms with Crippen molar-refractivity contribution in [3.63, 3.8) is 0 Å². The lowest BCUT2D eigenvalue weighted by molar-refractivity contribution is 0.944. The van der Waals surface area contributed by atoms with Gasteiger partial charge in [0.25, 0.3) is 0 Å². The average Bonchev–Trinajstić information content (AvgIpc) is 3.15. The van der Waals surface area contributed by atoms with E-state index in [1.165, 1.54) is 40.5 Å². The Hall–Kier alpha value is -2.06. The lowest BCUT2D eigenvalue weighted by Crippen LogP contribution is -2.18. The van der Waals surface area contributed by atoms with Crippen molar-refractivity contribution in [1.29, 1.82) is 0 Å². The molecule has 3 heteroatoms. The summed E-state index contributed by atoms with van der Waals surface area (Å²) in [6.07, 6.45) is 3.54. The standard InChI is InChI=1S/C22H23ClN2/c1-3-18-15(2)14-20-19(22(18)16-6-8-17(23)9-7-16)10-11-21(24-20)25-12-4-5-13-25/h6-11,14H,3-5,12-13H2,1-2H3. The number of hydrogen-bond acceptors (Lipinski definition) is 2. The van der Waals surface area contributed by atoms with E-state index in [1.807, 2.05) is 12.1 Å². The maximum absolute atomic E-state index is 6.10. The molecule has 25 heavy (non-hydrogen) atoms. The van der Waals surface area contributed by atoms with Gasteiger partial charge >= 0.3 is 0 Å². The summed E-state index contributed by atoms with van der Waals surface area (Å²) in [6, 6.07) is 14.8.